The Kier molecular flexibility index (Phi) is 3.56. The number of hydrogen-bond acceptors (Lipinski definition) is 2. The Bertz CT molecular complexity index is 1220. The summed E-state index contributed by atoms with van der Waals surface area (Å²) in [6, 6.07) is 18.5. The molecule has 4 nitrogen and oxygen atoms in total. The van der Waals surface area contributed by atoms with E-state index >= 15 is 0 Å². The first-order chi connectivity index (χ1) is 13.1. The molecular weight excluding hydrogens is 400 g/mol. The number of benzene rings is 2. The summed E-state index contributed by atoms with van der Waals surface area (Å²) in [4.78, 5) is 4.70. The van der Waals surface area contributed by atoms with Crippen LogP contribution < -0.4 is 0 Å². The number of rotatable bonds is 1. The van der Waals surface area contributed by atoms with E-state index in [2.05, 4.69) is 68.5 Å². The van der Waals surface area contributed by atoms with Gasteiger partial charge in [-0.15, -0.1) is 0 Å². The van der Waals surface area contributed by atoms with Crippen molar-refractivity contribution in [1.82, 2.24) is 14.1 Å². The molecule has 0 radical (unpaired) electrons. The molecule has 1 aliphatic rings. The highest BCUT2D eigenvalue weighted by Gasteiger charge is 2.22. The van der Waals surface area contributed by atoms with E-state index in [1.165, 1.54) is 11.3 Å². The number of halogens is 1. The van der Waals surface area contributed by atoms with Crippen LogP contribution in [0, 0.1) is 18.3 Å². The van der Waals surface area contributed by atoms with Crippen LogP contribution in [0.1, 0.15) is 16.8 Å². The van der Waals surface area contributed by atoms with Gasteiger partial charge >= 0.3 is 0 Å². The molecule has 5 heteroatoms. The van der Waals surface area contributed by atoms with E-state index in [-0.39, 0.29) is 0 Å². The summed E-state index contributed by atoms with van der Waals surface area (Å²) in [6.45, 7) is 2.87. The molecule has 4 aromatic rings. The average Bonchev–Trinajstić information content (AvgIpc) is 3.23. The van der Waals surface area contributed by atoms with Crippen LogP contribution in [0.5, 0.6) is 0 Å². The van der Waals surface area contributed by atoms with Crippen molar-refractivity contribution >= 4 is 15.9 Å². The molecule has 0 aliphatic carbocycles. The van der Waals surface area contributed by atoms with Crippen LogP contribution in [0.25, 0.3) is 28.3 Å². The van der Waals surface area contributed by atoms with Gasteiger partial charge in [-0.2, -0.15) is 5.26 Å². The second kappa shape index (κ2) is 5.97. The number of fused-ring (bicyclic) bond motifs is 5. The van der Waals surface area contributed by atoms with Gasteiger partial charge in [0.15, 0.2) is 5.82 Å². The average molecular weight is 415 g/mol. The number of hydrogen-bond donors (Lipinski definition) is 0. The monoisotopic (exact) mass is 414 g/mol. The molecule has 0 amide bonds. The Morgan fingerprint density at radius 1 is 1.07 bits per heavy atom. The van der Waals surface area contributed by atoms with Gasteiger partial charge in [-0.25, -0.2) is 4.98 Å². The lowest BCUT2D eigenvalue weighted by Gasteiger charge is -2.11. The van der Waals surface area contributed by atoms with Crippen molar-refractivity contribution in [1.29, 1.82) is 5.26 Å². The zero-order chi connectivity index (χ0) is 18.5. The minimum atomic E-state index is 0.671. The van der Waals surface area contributed by atoms with Gasteiger partial charge in [-0.3, -0.25) is 4.57 Å². The van der Waals surface area contributed by atoms with Crippen LogP contribution in [-0.4, -0.2) is 14.1 Å². The lowest BCUT2D eigenvalue weighted by atomic mass is 10.1. The van der Waals surface area contributed by atoms with Crippen LogP contribution in [-0.2, 0) is 6.54 Å². The van der Waals surface area contributed by atoms with Crippen molar-refractivity contribution < 1.29 is 0 Å². The third-order valence-electron chi connectivity index (χ3n) is 5.03. The molecule has 5 rings (SSSR count). The van der Waals surface area contributed by atoms with Crippen LogP contribution in [0.15, 0.2) is 65.4 Å². The third-order valence-corrected chi connectivity index (χ3v) is 5.53. The molecular formula is C22H15BrN4. The predicted octanol–water partition coefficient (Wildman–Crippen LogP) is 5.31. The van der Waals surface area contributed by atoms with Crippen LogP contribution in [0.4, 0.5) is 0 Å². The zero-order valence-electron chi connectivity index (χ0n) is 14.6. The van der Waals surface area contributed by atoms with E-state index in [0.29, 0.717) is 5.56 Å². The first-order valence-corrected chi connectivity index (χ1v) is 9.47. The molecule has 130 valence electrons. The smallest absolute Gasteiger partial charge is 0.161 e. The summed E-state index contributed by atoms with van der Waals surface area (Å²) in [5.74, 6) is 0.952. The van der Waals surface area contributed by atoms with Crippen molar-refractivity contribution in [2.75, 3.05) is 0 Å². The number of aromatic nitrogens is 3. The van der Waals surface area contributed by atoms with Gasteiger partial charge in [0.1, 0.15) is 0 Å². The van der Waals surface area contributed by atoms with Gasteiger partial charge < -0.3 is 4.57 Å². The third kappa shape index (κ3) is 2.53. The maximum Gasteiger partial charge on any atom is 0.161 e. The van der Waals surface area contributed by atoms with Crippen molar-refractivity contribution in [2.24, 2.45) is 0 Å². The Morgan fingerprint density at radius 2 is 1.89 bits per heavy atom. The summed E-state index contributed by atoms with van der Waals surface area (Å²) < 4.78 is 5.55. The number of imidazole rings is 1. The summed E-state index contributed by atoms with van der Waals surface area (Å²) >= 11 is 3.60. The van der Waals surface area contributed by atoms with Crippen molar-refractivity contribution in [3.05, 3.63) is 82.2 Å². The molecule has 0 saturated heterocycles. The molecule has 0 unspecified atom stereocenters. The Labute approximate surface area is 165 Å². The lowest BCUT2D eigenvalue weighted by Crippen LogP contribution is -2.01. The number of aryl methyl sites for hydroxylation is 1. The first kappa shape index (κ1) is 16.1. The highest BCUT2D eigenvalue weighted by atomic mass is 79.9. The van der Waals surface area contributed by atoms with E-state index in [4.69, 9.17) is 10.2 Å². The summed E-state index contributed by atoms with van der Waals surface area (Å²) in [5.41, 5.74) is 7.51. The highest BCUT2D eigenvalue weighted by Crippen LogP contribution is 2.35. The van der Waals surface area contributed by atoms with Crippen LogP contribution in [0.3, 0.4) is 0 Å². The van der Waals surface area contributed by atoms with Crippen molar-refractivity contribution in [3.63, 3.8) is 0 Å². The molecule has 0 atom stereocenters. The summed E-state index contributed by atoms with van der Waals surface area (Å²) in [6.07, 6.45) is 4.09. The highest BCUT2D eigenvalue weighted by molar-refractivity contribution is 9.10. The summed E-state index contributed by atoms with van der Waals surface area (Å²) in [5, 5.41) is 9.02. The standard InChI is InChI=1S/C22H15BrN4/c1-14-11-25-22-21-9-17(16-4-2-15(10-24)3-5-16)12-26(21)13-18-8-19(23)6-7-20(18)27(14)22/h2-9,11-12H,13H2,1H3. The van der Waals surface area contributed by atoms with E-state index < -0.39 is 0 Å². The van der Waals surface area contributed by atoms with Gasteiger partial charge in [0.2, 0.25) is 0 Å². The Morgan fingerprint density at radius 3 is 2.67 bits per heavy atom. The molecule has 0 bridgehead atoms. The molecule has 2 aromatic carbocycles. The maximum absolute atomic E-state index is 9.02. The van der Waals surface area contributed by atoms with E-state index in [1.807, 2.05) is 30.5 Å². The largest absolute Gasteiger partial charge is 0.340 e. The minimum Gasteiger partial charge on any atom is -0.340 e. The van der Waals surface area contributed by atoms with E-state index in [1.54, 1.807) is 0 Å². The van der Waals surface area contributed by atoms with Crippen LogP contribution in [0.2, 0.25) is 0 Å². The van der Waals surface area contributed by atoms with Gasteiger partial charge in [-0.1, -0.05) is 28.1 Å². The second-order valence-corrected chi connectivity index (χ2v) is 7.68. The minimum absolute atomic E-state index is 0.671. The molecule has 0 fully saturated rings. The van der Waals surface area contributed by atoms with Gasteiger partial charge in [0, 0.05) is 34.7 Å². The van der Waals surface area contributed by atoms with E-state index in [9.17, 15) is 0 Å². The fraction of sp³-hybridized carbons (Fsp3) is 0.0909. The van der Waals surface area contributed by atoms with Gasteiger partial charge in [0.05, 0.1) is 23.0 Å². The molecule has 0 saturated carbocycles. The van der Waals surface area contributed by atoms with Crippen LogP contribution >= 0.6 is 15.9 Å². The summed E-state index contributed by atoms with van der Waals surface area (Å²) in [7, 11) is 0. The molecule has 27 heavy (non-hydrogen) atoms. The topological polar surface area (TPSA) is 46.5 Å². The molecule has 3 heterocycles. The molecule has 2 aromatic heterocycles. The Balaban J connectivity index is 1.71. The number of nitrogens with zero attached hydrogens (tertiary/aromatic N) is 4. The molecule has 1 aliphatic heterocycles. The van der Waals surface area contributed by atoms with Crippen molar-refractivity contribution in [3.8, 4) is 34.4 Å². The predicted molar refractivity (Wildman–Crippen MR) is 109 cm³/mol. The second-order valence-electron chi connectivity index (χ2n) is 6.76. The van der Waals surface area contributed by atoms with E-state index in [0.717, 1.165) is 39.4 Å². The van der Waals surface area contributed by atoms with Gasteiger partial charge in [0.25, 0.3) is 0 Å². The molecule has 0 N–H and O–H groups in total. The SMILES string of the molecule is Cc1cnc2n1-c1ccc(Br)cc1Cn1cc(-c3ccc(C#N)cc3)cc1-2. The zero-order valence-corrected chi connectivity index (χ0v) is 16.2. The fourth-order valence-corrected chi connectivity index (χ4v) is 4.14. The normalized spacial score (nSPS) is 11.9. The maximum atomic E-state index is 9.02. The lowest BCUT2D eigenvalue weighted by molar-refractivity contribution is 0.818. The quantitative estimate of drug-likeness (QED) is 0.372. The van der Waals surface area contributed by atoms with Crippen molar-refractivity contribution in [2.45, 2.75) is 13.5 Å². The Hall–Kier alpha value is -3.10. The fourth-order valence-electron chi connectivity index (χ4n) is 3.73. The van der Waals surface area contributed by atoms with Gasteiger partial charge in [-0.05, 0) is 54.4 Å². The number of nitriles is 1. The first-order valence-electron chi connectivity index (χ1n) is 8.68. The molecule has 0 spiro atoms.